The van der Waals surface area contributed by atoms with Crippen LogP contribution in [0, 0.1) is 0 Å². The van der Waals surface area contributed by atoms with E-state index < -0.39 is 0 Å². The van der Waals surface area contributed by atoms with E-state index in [9.17, 15) is 4.79 Å². The average molecular weight is 394 g/mol. The van der Waals surface area contributed by atoms with Crippen LogP contribution in [0.25, 0.3) is 10.9 Å². The monoisotopic (exact) mass is 394 g/mol. The fraction of sp³-hybridized carbons (Fsp3) is 0.286. The van der Waals surface area contributed by atoms with Crippen LogP contribution in [-0.4, -0.2) is 48.2 Å². The molecule has 0 bridgehead atoms. The molecule has 1 fully saturated rings. The number of ether oxygens (including phenoxy) is 3. The van der Waals surface area contributed by atoms with E-state index in [2.05, 4.69) is 15.3 Å². The van der Waals surface area contributed by atoms with E-state index in [0.29, 0.717) is 39.7 Å². The number of rotatable bonds is 5. The first-order chi connectivity index (χ1) is 14.2. The molecule has 1 aliphatic heterocycles. The number of anilines is 1. The molecule has 2 heterocycles. The number of nitrogens with one attached hydrogen (secondary N) is 1. The Hall–Kier alpha value is -3.55. The van der Waals surface area contributed by atoms with Gasteiger partial charge in [0.05, 0.1) is 25.1 Å². The summed E-state index contributed by atoms with van der Waals surface area (Å²) in [6.45, 7) is 1.62. The summed E-state index contributed by atoms with van der Waals surface area (Å²) in [5.41, 5.74) is 1.40. The van der Waals surface area contributed by atoms with Crippen LogP contribution in [0.15, 0.2) is 42.7 Å². The molecule has 1 aromatic heterocycles. The van der Waals surface area contributed by atoms with E-state index in [1.807, 2.05) is 4.90 Å². The number of likely N-dealkylation sites (tertiary alicyclic amines) is 1. The summed E-state index contributed by atoms with van der Waals surface area (Å²) in [5.74, 6) is 2.16. The number of benzene rings is 2. The second-order valence-corrected chi connectivity index (χ2v) is 6.65. The number of methoxy groups -OCH3 is 2. The molecule has 2 aromatic carbocycles. The molecule has 0 atom stereocenters. The fourth-order valence-electron chi connectivity index (χ4n) is 3.28. The van der Waals surface area contributed by atoms with Crippen molar-refractivity contribution in [3.05, 3.63) is 42.7 Å². The number of hydrogen-bond donors (Lipinski definition) is 1. The summed E-state index contributed by atoms with van der Waals surface area (Å²) in [6, 6.07) is 10.7. The molecular weight excluding hydrogens is 372 g/mol. The van der Waals surface area contributed by atoms with Gasteiger partial charge in [-0.15, -0.1) is 0 Å². The number of nitrogens with zero attached hydrogens (tertiary/aromatic N) is 3. The molecule has 150 valence electrons. The Morgan fingerprint density at radius 3 is 2.38 bits per heavy atom. The number of hydrogen-bond acceptors (Lipinski definition) is 6. The van der Waals surface area contributed by atoms with Gasteiger partial charge in [-0.1, -0.05) is 0 Å². The topological polar surface area (TPSA) is 85.8 Å². The average Bonchev–Trinajstić information content (AvgIpc) is 3.29. The predicted molar refractivity (Wildman–Crippen MR) is 109 cm³/mol. The van der Waals surface area contributed by atoms with Crippen molar-refractivity contribution in [3.63, 3.8) is 0 Å². The van der Waals surface area contributed by atoms with Gasteiger partial charge in [0.25, 0.3) is 0 Å². The first-order valence-electron chi connectivity index (χ1n) is 9.38. The maximum absolute atomic E-state index is 12.2. The third kappa shape index (κ3) is 4.01. The molecule has 0 aliphatic carbocycles. The maximum Gasteiger partial charge on any atom is 0.321 e. The molecule has 0 unspecified atom stereocenters. The van der Waals surface area contributed by atoms with Crippen molar-refractivity contribution in [1.82, 2.24) is 14.9 Å². The third-order valence-corrected chi connectivity index (χ3v) is 4.82. The van der Waals surface area contributed by atoms with Crippen molar-refractivity contribution in [1.29, 1.82) is 0 Å². The molecular formula is C21H22N4O4. The highest BCUT2D eigenvalue weighted by atomic mass is 16.5. The second kappa shape index (κ2) is 8.22. The van der Waals surface area contributed by atoms with Crippen LogP contribution in [0.5, 0.6) is 23.1 Å². The highest BCUT2D eigenvalue weighted by Crippen LogP contribution is 2.35. The second-order valence-electron chi connectivity index (χ2n) is 6.65. The first-order valence-corrected chi connectivity index (χ1v) is 9.38. The lowest BCUT2D eigenvalue weighted by Crippen LogP contribution is -2.32. The summed E-state index contributed by atoms with van der Waals surface area (Å²) in [4.78, 5) is 22.5. The zero-order valence-corrected chi connectivity index (χ0v) is 16.3. The number of carbonyl (C=O) groups excluding carboxylic acids is 1. The first kappa shape index (κ1) is 18.8. The SMILES string of the molecule is COc1cc2ncnc(Oc3ccc(NC(=O)N4CCCC4)cc3)c2cc1OC. The van der Waals surface area contributed by atoms with Crippen molar-refractivity contribution in [2.24, 2.45) is 0 Å². The Morgan fingerprint density at radius 2 is 1.69 bits per heavy atom. The van der Waals surface area contributed by atoms with E-state index in [1.54, 1.807) is 50.6 Å². The van der Waals surface area contributed by atoms with Gasteiger partial charge in [-0.05, 0) is 43.2 Å². The Balaban J connectivity index is 1.53. The minimum Gasteiger partial charge on any atom is -0.493 e. The molecule has 1 aliphatic rings. The van der Waals surface area contributed by atoms with Crippen molar-refractivity contribution < 1.29 is 19.0 Å². The van der Waals surface area contributed by atoms with Crippen LogP contribution >= 0.6 is 0 Å². The van der Waals surface area contributed by atoms with Crippen molar-refractivity contribution in [2.45, 2.75) is 12.8 Å². The standard InChI is InChI=1S/C21H22N4O4/c1-27-18-11-16-17(12-19(18)28-2)22-13-23-20(16)29-15-7-5-14(6-8-15)24-21(26)25-9-3-4-10-25/h5-8,11-13H,3-4,9-10H2,1-2H3,(H,24,26). The van der Waals surface area contributed by atoms with Gasteiger partial charge >= 0.3 is 6.03 Å². The van der Waals surface area contributed by atoms with Crippen LogP contribution in [-0.2, 0) is 0 Å². The van der Waals surface area contributed by atoms with E-state index in [4.69, 9.17) is 14.2 Å². The molecule has 29 heavy (non-hydrogen) atoms. The lowest BCUT2D eigenvalue weighted by molar-refractivity contribution is 0.222. The van der Waals surface area contributed by atoms with Crippen molar-refractivity contribution >= 4 is 22.6 Å². The summed E-state index contributed by atoms with van der Waals surface area (Å²) in [7, 11) is 3.15. The molecule has 4 rings (SSSR count). The largest absolute Gasteiger partial charge is 0.493 e. The maximum atomic E-state index is 12.2. The molecule has 1 saturated heterocycles. The summed E-state index contributed by atoms with van der Waals surface area (Å²) >= 11 is 0. The van der Waals surface area contributed by atoms with Crippen molar-refractivity contribution in [2.75, 3.05) is 32.6 Å². The highest BCUT2D eigenvalue weighted by Gasteiger charge is 2.18. The molecule has 1 N–H and O–H groups in total. The van der Waals surface area contributed by atoms with Gasteiger partial charge in [-0.3, -0.25) is 0 Å². The number of carbonyl (C=O) groups is 1. The summed E-state index contributed by atoms with van der Waals surface area (Å²) < 4.78 is 16.6. The summed E-state index contributed by atoms with van der Waals surface area (Å²) in [5, 5.41) is 3.61. The number of amides is 2. The number of urea groups is 1. The molecule has 0 radical (unpaired) electrons. The lowest BCUT2D eigenvalue weighted by atomic mass is 10.2. The van der Waals surface area contributed by atoms with Gasteiger partial charge in [-0.2, -0.15) is 0 Å². The Bertz CT molecular complexity index is 1020. The van der Waals surface area contributed by atoms with Crippen LogP contribution in [0.4, 0.5) is 10.5 Å². The zero-order valence-electron chi connectivity index (χ0n) is 16.3. The molecule has 8 heteroatoms. The molecule has 3 aromatic rings. The quantitative estimate of drug-likeness (QED) is 0.702. The normalized spacial score (nSPS) is 13.4. The van der Waals surface area contributed by atoms with E-state index in [-0.39, 0.29) is 6.03 Å². The number of fused-ring (bicyclic) bond motifs is 1. The van der Waals surface area contributed by atoms with Gasteiger partial charge in [0, 0.05) is 24.8 Å². The molecule has 0 saturated carbocycles. The predicted octanol–water partition coefficient (Wildman–Crippen LogP) is 4.07. The smallest absolute Gasteiger partial charge is 0.321 e. The van der Waals surface area contributed by atoms with Gasteiger partial charge in [0.15, 0.2) is 11.5 Å². The molecule has 0 spiro atoms. The van der Waals surface area contributed by atoms with E-state index >= 15 is 0 Å². The van der Waals surface area contributed by atoms with Gasteiger partial charge < -0.3 is 24.4 Å². The minimum absolute atomic E-state index is 0.0704. The Morgan fingerprint density at radius 1 is 1.00 bits per heavy atom. The van der Waals surface area contributed by atoms with Crippen LogP contribution in [0.3, 0.4) is 0 Å². The van der Waals surface area contributed by atoms with Gasteiger partial charge in [0.1, 0.15) is 12.1 Å². The van der Waals surface area contributed by atoms with E-state index in [0.717, 1.165) is 25.9 Å². The molecule has 2 amide bonds. The minimum atomic E-state index is -0.0704. The van der Waals surface area contributed by atoms with E-state index in [1.165, 1.54) is 6.33 Å². The van der Waals surface area contributed by atoms with Crippen LogP contribution in [0.1, 0.15) is 12.8 Å². The highest BCUT2D eigenvalue weighted by molar-refractivity contribution is 5.89. The molecule has 8 nitrogen and oxygen atoms in total. The van der Waals surface area contributed by atoms with Gasteiger partial charge in [-0.25, -0.2) is 14.8 Å². The third-order valence-electron chi connectivity index (χ3n) is 4.82. The van der Waals surface area contributed by atoms with Crippen LogP contribution < -0.4 is 19.5 Å². The lowest BCUT2D eigenvalue weighted by Gasteiger charge is -2.16. The summed E-state index contributed by atoms with van der Waals surface area (Å²) in [6.07, 6.45) is 3.56. The van der Waals surface area contributed by atoms with Crippen molar-refractivity contribution in [3.8, 4) is 23.1 Å². The Kier molecular flexibility index (Phi) is 5.33. The number of aromatic nitrogens is 2. The van der Waals surface area contributed by atoms with Crippen LogP contribution in [0.2, 0.25) is 0 Å². The fourth-order valence-corrected chi connectivity index (χ4v) is 3.28. The van der Waals surface area contributed by atoms with Gasteiger partial charge in [0.2, 0.25) is 5.88 Å². The zero-order chi connectivity index (χ0) is 20.2. The Labute approximate surface area is 168 Å².